The first-order valence-corrected chi connectivity index (χ1v) is 11.1. The van der Waals surface area contributed by atoms with Crippen LogP contribution in [0.3, 0.4) is 0 Å². The molecule has 0 aliphatic carbocycles. The molecule has 0 aromatic heterocycles. The van der Waals surface area contributed by atoms with E-state index in [0.717, 1.165) is 27.7 Å². The first-order chi connectivity index (χ1) is 13.3. The summed E-state index contributed by atoms with van der Waals surface area (Å²) in [4.78, 5) is 12.7. The van der Waals surface area contributed by atoms with Gasteiger partial charge < -0.3 is 15.0 Å². The van der Waals surface area contributed by atoms with Crippen molar-refractivity contribution in [2.75, 3.05) is 19.8 Å². The Morgan fingerprint density at radius 2 is 1.93 bits per heavy atom. The predicted molar refractivity (Wildman–Crippen MR) is 129 cm³/mol. The number of benzene rings is 1. The monoisotopic (exact) mass is 426 g/mol. The topological polar surface area (TPSA) is 41.6 Å². The zero-order chi connectivity index (χ0) is 21.5. The molecular weight excluding hydrogens is 388 g/mol. The van der Waals surface area contributed by atoms with Gasteiger partial charge in [0.15, 0.2) is 6.23 Å². The molecule has 1 aromatic carbocycles. The highest BCUT2D eigenvalue weighted by Crippen LogP contribution is 2.23. The van der Waals surface area contributed by atoms with Gasteiger partial charge in [0, 0.05) is 40.8 Å². The molecular formula is C22H38N2O2S2. The fourth-order valence-electron chi connectivity index (χ4n) is 2.12. The summed E-state index contributed by atoms with van der Waals surface area (Å²) in [6.45, 7) is 9.73. The van der Waals surface area contributed by atoms with E-state index in [9.17, 15) is 4.79 Å². The Hall–Kier alpha value is -1.53. The first-order valence-electron chi connectivity index (χ1n) is 9.67. The minimum Gasteiger partial charge on any atom is -0.473 e. The van der Waals surface area contributed by atoms with Crippen LogP contribution < -0.4 is 5.32 Å². The Bertz CT molecular complexity index is 632. The van der Waals surface area contributed by atoms with Crippen molar-refractivity contribution in [3.8, 4) is 0 Å². The van der Waals surface area contributed by atoms with Crippen LogP contribution in [0.4, 0.5) is 0 Å². The van der Waals surface area contributed by atoms with Gasteiger partial charge in [-0.25, -0.2) is 0 Å². The average Bonchev–Trinajstić information content (AvgIpc) is 3.11. The zero-order valence-electron chi connectivity index (χ0n) is 18.3. The molecule has 1 aromatic rings. The second-order valence-corrected chi connectivity index (χ2v) is 8.19. The van der Waals surface area contributed by atoms with Crippen LogP contribution in [0.15, 0.2) is 46.7 Å². The lowest BCUT2D eigenvalue weighted by Gasteiger charge is -2.13. The number of aryl methyl sites for hydroxylation is 1. The van der Waals surface area contributed by atoms with E-state index in [0.29, 0.717) is 6.42 Å². The molecule has 1 aliphatic rings. The maximum absolute atomic E-state index is 10.7. The van der Waals surface area contributed by atoms with E-state index in [-0.39, 0.29) is 13.4 Å². The van der Waals surface area contributed by atoms with E-state index in [2.05, 4.69) is 24.9 Å². The van der Waals surface area contributed by atoms with Crippen molar-refractivity contribution in [2.24, 2.45) is 0 Å². The van der Waals surface area contributed by atoms with Crippen molar-refractivity contribution in [2.45, 2.75) is 53.7 Å². The predicted octanol–water partition coefficient (Wildman–Crippen LogP) is 5.61. The molecule has 160 valence electrons. The number of ketones is 1. The smallest absolute Gasteiger partial charge is 0.178 e. The van der Waals surface area contributed by atoms with Gasteiger partial charge in [0.05, 0.1) is 9.99 Å². The van der Waals surface area contributed by atoms with Gasteiger partial charge in [0.1, 0.15) is 11.5 Å². The van der Waals surface area contributed by atoms with Crippen LogP contribution in [0.5, 0.6) is 0 Å². The fraction of sp³-hybridized carbons (Fsp3) is 0.500. The summed E-state index contributed by atoms with van der Waals surface area (Å²) in [5.74, 6) is 2.11. The summed E-state index contributed by atoms with van der Waals surface area (Å²) in [5, 5.41) is 3.19. The molecule has 0 bridgehead atoms. The molecule has 0 radical (unpaired) electrons. The highest BCUT2D eigenvalue weighted by Gasteiger charge is 2.15. The molecule has 28 heavy (non-hydrogen) atoms. The highest BCUT2D eigenvalue weighted by molar-refractivity contribution is 8.15. The number of Topliss-reactive ketones (excluding diaryl/α,β-unsaturated/α-hetero) is 1. The Kier molecular flexibility index (Phi) is 14.6. The summed E-state index contributed by atoms with van der Waals surface area (Å²) >= 11 is 6.05. The normalized spacial score (nSPS) is 15.1. The molecule has 0 fully saturated rings. The van der Waals surface area contributed by atoms with Crippen LogP contribution >= 0.6 is 24.4 Å². The lowest BCUT2D eigenvalue weighted by atomic mass is 10.1. The molecule has 1 atom stereocenters. The van der Waals surface area contributed by atoms with Crippen LogP contribution in [0.1, 0.15) is 46.7 Å². The van der Waals surface area contributed by atoms with E-state index >= 15 is 0 Å². The molecule has 1 heterocycles. The number of nitrogens with zero attached hydrogens (tertiary/aromatic N) is 1. The molecule has 2 rings (SSSR count). The number of hydrogen-bond acceptors (Lipinski definition) is 6. The average molecular weight is 427 g/mol. The number of nitrogens with one attached hydrogen (secondary N) is 1. The number of ether oxygens (including phenoxy) is 1. The van der Waals surface area contributed by atoms with Crippen LogP contribution in [0.25, 0.3) is 0 Å². The van der Waals surface area contributed by atoms with Crippen molar-refractivity contribution < 1.29 is 11.0 Å². The van der Waals surface area contributed by atoms with Gasteiger partial charge in [-0.15, -0.1) is 24.4 Å². The molecule has 1 unspecified atom stereocenters. The first kappa shape index (κ1) is 26.5. The third kappa shape index (κ3) is 12.8. The van der Waals surface area contributed by atoms with Gasteiger partial charge in [-0.05, 0) is 19.4 Å². The standard InChI is InChI=1S/C10H18N2OS2.C10H12O.C2H6.H2/c1-4-8-5-11-9(13-8)7-15-10(14)6-12(2)3;1-8-3-5-10(6-4-8)7-9(2)11;1-2;/h5-6,9,11,14H,4,7H2,1-3H3;3-6H,7H2,1-2H3;1-2H3;1H/b10-6+;;;. The second kappa shape index (κ2) is 15.4. The zero-order valence-corrected chi connectivity index (χ0v) is 20.0. The minimum atomic E-state index is 0. The van der Waals surface area contributed by atoms with Crippen molar-refractivity contribution in [1.29, 1.82) is 0 Å². The number of hydrogen-bond donors (Lipinski definition) is 2. The number of rotatable bonds is 7. The molecule has 0 saturated carbocycles. The number of carbonyl (C=O) groups excluding carboxylic acids is 1. The third-order valence-corrected chi connectivity index (χ3v) is 4.77. The summed E-state index contributed by atoms with van der Waals surface area (Å²) < 4.78 is 6.62. The van der Waals surface area contributed by atoms with Crippen molar-refractivity contribution in [3.05, 3.63) is 57.8 Å². The maximum atomic E-state index is 10.7. The van der Waals surface area contributed by atoms with Gasteiger partial charge >= 0.3 is 0 Å². The van der Waals surface area contributed by atoms with E-state index in [1.807, 2.05) is 76.4 Å². The van der Waals surface area contributed by atoms with Crippen molar-refractivity contribution in [1.82, 2.24) is 10.2 Å². The van der Waals surface area contributed by atoms with Crippen LogP contribution in [-0.2, 0) is 16.0 Å². The Balaban J connectivity index is 0. The van der Waals surface area contributed by atoms with E-state index in [1.165, 1.54) is 5.56 Å². The van der Waals surface area contributed by atoms with Crippen molar-refractivity contribution in [3.63, 3.8) is 0 Å². The maximum Gasteiger partial charge on any atom is 0.178 e. The molecule has 0 amide bonds. The van der Waals surface area contributed by atoms with Gasteiger partial charge in [0.2, 0.25) is 0 Å². The minimum absolute atomic E-state index is 0. The van der Waals surface area contributed by atoms with Crippen LogP contribution in [-0.4, -0.2) is 36.8 Å². The quantitative estimate of drug-likeness (QED) is 0.555. The van der Waals surface area contributed by atoms with E-state index in [4.69, 9.17) is 4.74 Å². The number of thiol groups is 1. The van der Waals surface area contributed by atoms with Gasteiger partial charge in [-0.1, -0.05) is 50.6 Å². The molecule has 0 spiro atoms. The number of allylic oxidation sites excluding steroid dienone is 1. The van der Waals surface area contributed by atoms with Crippen molar-refractivity contribution >= 4 is 30.2 Å². The van der Waals surface area contributed by atoms with Gasteiger partial charge in [-0.2, -0.15) is 0 Å². The Morgan fingerprint density at radius 3 is 2.39 bits per heavy atom. The summed E-state index contributed by atoms with van der Waals surface area (Å²) in [6.07, 6.45) is 5.51. The summed E-state index contributed by atoms with van der Waals surface area (Å²) in [7, 11) is 3.97. The lowest BCUT2D eigenvalue weighted by molar-refractivity contribution is -0.116. The second-order valence-electron chi connectivity index (χ2n) is 6.34. The summed E-state index contributed by atoms with van der Waals surface area (Å²) in [5.41, 5.74) is 2.33. The van der Waals surface area contributed by atoms with E-state index < -0.39 is 0 Å². The largest absolute Gasteiger partial charge is 0.473 e. The van der Waals surface area contributed by atoms with Gasteiger partial charge in [-0.3, -0.25) is 4.79 Å². The van der Waals surface area contributed by atoms with Crippen LogP contribution in [0, 0.1) is 6.92 Å². The number of carbonyl (C=O) groups is 1. The third-order valence-electron chi connectivity index (χ3n) is 3.40. The van der Waals surface area contributed by atoms with Crippen LogP contribution in [0.2, 0.25) is 0 Å². The SMILES string of the molecule is CC.CC(=O)Cc1ccc(C)cc1.CCC1=CNC(CS/C(S)=C/N(C)C)O1.[HH]. The lowest BCUT2D eigenvalue weighted by Crippen LogP contribution is -2.23. The molecule has 1 aliphatic heterocycles. The van der Waals surface area contributed by atoms with E-state index in [1.54, 1.807) is 18.7 Å². The van der Waals surface area contributed by atoms with Gasteiger partial charge in [0.25, 0.3) is 0 Å². The fourth-order valence-corrected chi connectivity index (χ4v) is 3.34. The number of thioether (sulfide) groups is 1. The Labute approximate surface area is 182 Å². The Morgan fingerprint density at radius 1 is 1.32 bits per heavy atom. The highest BCUT2D eigenvalue weighted by atomic mass is 32.2. The molecule has 4 nitrogen and oxygen atoms in total. The molecule has 6 heteroatoms. The summed E-state index contributed by atoms with van der Waals surface area (Å²) in [6, 6.07) is 8.05. The molecule has 0 saturated heterocycles. The molecule has 1 N–H and O–H groups in total.